The molecule has 0 spiro atoms. The fraction of sp³-hybridized carbons (Fsp3) is 0.900. The average Bonchev–Trinajstić information content (AvgIpc) is 2.88. The Balaban J connectivity index is 1.86. The van der Waals surface area contributed by atoms with Crippen LogP contribution in [0.15, 0.2) is 0 Å². The molecule has 1 heterocycles. The largest absolute Gasteiger partial charge is 0.376 e. The van der Waals surface area contributed by atoms with Gasteiger partial charge in [0.05, 0.1) is 17.0 Å². The number of nitrogens with one attached hydrogen (secondary N) is 1. The molecule has 80 valence electrons. The van der Waals surface area contributed by atoms with Crippen LogP contribution in [0, 0.1) is 5.92 Å². The zero-order chi connectivity index (χ0) is 10.1. The Kier molecular flexibility index (Phi) is 3.12. The SMILES string of the molecule is CC(Br)C(=O)NC1CCOC1C1CC1. The molecule has 0 aromatic heterocycles. The summed E-state index contributed by atoms with van der Waals surface area (Å²) in [4.78, 5) is 11.4. The molecule has 0 aromatic rings. The Labute approximate surface area is 92.7 Å². The number of halogens is 1. The first kappa shape index (κ1) is 10.4. The molecule has 2 fully saturated rings. The van der Waals surface area contributed by atoms with E-state index in [0.717, 1.165) is 13.0 Å². The van der Waals surface area contributed by atoms with Crippen molar-refractivity contribution in [3.63, 3.8) is 0 Å². The second-order valence-corrected chi connectivity index (χ2v) is 5.57. The Morgan fingerprint density at radius 3 is 2.79 bits per heavy atom. The van der Waals surface area contributed by atoms with Gasteiger partial charge in [-0.25, -0.2) is 0 Å². The lowest BCUT2D eigenvalue weighted by molar-refractivity contribution is -0.121. The minimum absolute atomic E-state index is 0.0751. The summed E-state index contributed by atoms with van der Waals surface area (Å²) in [5.41, 5.74) is 0. The first-order valence-corrected chi connectivity index (χ1v) is 6.16. The lowest BCUT2D eigenvalue weighted by atomic mass is 10.1. The highest BCUT2D eigenvalue weighted by molar-refractivity contribution is 9.10. The molecule has 1 saturated carbocycles. The van der Waals surface area contributed by atoms with Gasteiger partial charge in [-0.2, -0.15) is 0 Å². The van der Waals surface area contributed by atoms with Crippen molar-refractivity contribution in [3.05, 3.63) is 0 Å². The zero-order valence-corrected chi connectivity index (χ0v) is 9.92. The molecule has 0 bridgehead atoms. The van der Waals surface area contributed by atoms with E-state index < -0.39 is 0 Å². The fourth-order valence-electron chi connectivity index (χ4n) is 1.95. The Morgan fingerprint density at radius 2 is 2.21 bits per heavy atom. The number of amides is 1. The molecule has 1 amide bonds. The van der Waals surface area contributed by atoms with E-state index in [-0.39, 0.29) is 22.9 Å². The summed E-state index contributed by atoms with van der Waals surface area (Å²) in [5.74, 6) is 0.777. The van der Waals surface area contributed by atoms with Gasteiger partial charge in [0.2, 0.25) is 5.91 Å². The lowest BCUT2D eigenvalue weighted by Crippen LogP contribution is -2.43. The number of carbonyl (C=O) groups excluding carboxylic acids is 1. The van der Waals surface area contributed by atoms with Gasteiger partial charge >= 0.3 is 0 Å². The molecule has 1 N–H and O–H groups in total. The highest BCUT2D eigenvalue weighted by Crippen LogP contribution is 2.38. The molecule has 3 atom stereocenters. The summed E-state index contributed by atoms with van der Waals surface area (Å²) in [5, 5.41) is 3.04. The van der Waals surface area contributed by atoms with Crippen molar-refractivity contribution in [3.8, 4) is 0 Å². The van der Waals surface area contributed by atoms with Crippen LogP contribution in [0.3, 0.4) is 0 Å². The molecule has 2 rings (SSSR count). The van der Waals surface area contributed by atoms with Gasteiger partial charge < -0.3 is 10.1 Å². The van der Waals surface area contributed by atoms with E-state index in [2.05, 4.69) is 21.2 Å². The summed E-state index contributed by atoms with van der Waals surface area (Å²) >= 11 is 3.27. The number of rotatable bonds is 3. The van der Waals surface area contributed by atoms with Gasteiger partial charge in [-0.05, 0) is 32.1 Å². The molecular weight excluding hydrogens is 246 g/mol. The van der Waals surface area contributed by atoms with Gasteiger partial charge in [-0.15, -0.1) is 0 Å². The quantitative estimate of drug-likeness (QED) is 0.782. The number of hydrogen-bond donors (Lipinski definition) is 1. The molecule has 1 saturated heterocycles. The maximum atomic E-state index is 11.5. The molecular formula is C10H16BrNO2. The van der Waals surface area contributed by atoms with Gasteiger partial charge in [0.15, 0.2) is 0 Å². The van der Waals surface area contributed by atoms with Crippen LogP contribution < -0.4 is 5.32 Å². The minimum atomic E-state index is -0.108. The number of carbonyl (C=O) groups is 1. The van der Waals surface area contributed by atoms with Crippen LogP contribution in [-0.2, 0) is 9.53 Å². The van der Waals surface area contributed by atoms with Crippen molar-refractivity contribution in [2.24, 2.45) is 5.92 Å². The first-order valence-electron chi connectivity index (χ1n) is 5.24. The second kappa shape index (κ2) is 4.19. The van der Waals surface area contributed by atoms with Crippen LogP contribution in [0.1, 0.15) is 26.2 Å². The number of alkyl halides is 1. The predicted molar refractivity (Wildman–Crippen MR) is 57.4 cm³/mol. The average molecular weight is 262 g/mol. The van der Waals surface area contributed by atoms with E-state index in [1.165, 1.54) is 12.8 Å². The molecule has 14 heavy (non-hydrogen) atoms. The highest BCUT2D eigenvalue weighted by atomic mass is 79.9. The van der Waals surface area contributed by atoms with Crippen molar-refractivity contribution in [1.29, 1.82) is 0 Å². The standard InChI is InChI=1S/C10H16BrNO2/c1-6(11)10(13)12-8-4-5-14-9(8)7-2-3-7/h6-9H,2-5H2,1H3,(H,12,13). The maximum absolute atomic E-state index is 11.5. The maximum Gasteiger partial charge on any atom is 0.233 e. The third kappa shape index (κ3) is 2.28. The molecule has 1 aliphatic carbocycles. The van der Waals surface area contributed by atoms with Gasteiger partial charge in [-0.1, -0.05) is 15.9 Å². The third-order valence-corrected chi connectivity index (χ3v) is 3.33. The predicted octanol–water partition coefficient (Wildman–Crippen LogP) is 1.45. The summed E-state index contributed by atoms with van der Waals surface area (Å²) in [7, 11) is 0. The van der Waals surface area contributed by atoms with Crippen LogP contribution in [0.25, 0.3) is 0 Å². The summed E-state index contributed by atoms with van der Waals surface area (Å²) in [6.07, 6.45) is 3.78. The molecule has 0 radical (unpaired) electrons. The first-order chi connectivity index (χ1) is 6.68. The van der Waals surface area contributed by atoms with E-state index >= 15 is 0 Å². The van der Waals surface area contributed by atoms with Crippen LogP contribution >= 0.6 is 15.9 Å². The second-order valence-electron chi connectivity index (χ2n) is 4.19. The van der Waals surface area contributed by atoms with Gasteiger partial charge in [-0.3, -0.25) is 4.79 Å². The van der Waals surface area contributed by atoms with Crippen LogP contribution in [0.4, 0.5) is 0 Å². The highest BCUT2D eigenvalue weighted by Gasteiger charge is 2.41. The minimum Gasteiger partial charge on any atom is -0.376 e. The fourth-order valence-corrected chi connectivity index (χ4v) is 2.08. The van der Waals surface area contributed by atoms with Gasteiger partial charge in [0.25, 0.3) is 0 Å². The Hall–Kier alpha value is -0.0900. The molecule has 3 unspecified atom stereocenters. The van der Waals surface area contributed by atoms with Crippen LogP contribution in [-0.4, -0.2) is 29.5 Å². The summed E-state index contributed by atoms with van der Waals surface area (Å²) < 4.78 is 5.64. The van der Waals surface area contributed by atoms with E-state index in [1.54, 1.807) is 0 Å². The van der Waals surface area contributed by atoms with Crippen molar-refractivity contribution in [2.45, 2.75) is 43.2 Å². The molecule has 0 aromatic carbocycles. The van der Waals surface area contributed by atoms with Crippen molar-refractivity contribution < 1.29 is 9.53 Å². The molecule has 1 aliphatic heterocycles. The molecule has 4 heteroatoms. The number of ether oxygens (including phenoxy) is 1. The van der Waals surface area contributed by atoms with Crippen molar-refractivity contribution in [2.75, 3.05) is 6.61 Å². The van der Waals surface area contributed by atoms with Crippen molar-refractivity contribution in [1.82, 2.24) is 5.32 Å². The zero-order valence-electron chi connectivity index (χ0n) is 8.33. The van der Waals surface area contributed by atoms with Crippen LogP contribution in [0.2, 0.25) is 0 Å². The van der Waals surface area contributed by atoms with Crippen molar-refractivity contribution >= 4 is 21.8 Å². The van der Waals surface area contributed by atoms with E-state index in [9.17, 15) is 4.79 Å². The normalized spacial score (nSPS) is 34.1. The Morgan fingerprint density at radius 1 is 1.50 bits per heavy atom. The lowest BCUT2D eigenvalue weighted by Gasteiger charge is -2.20. The molecule has 3 nitrogen and oxygen atoms in total. The Bertz CT molecular complexity index is 228. The van der Waals surface area contributed by atoms with E-state index in [4.69, 9.17) is 4.74 Å². The van der Waals surface area contributed by atoms with Crippen LogP contribution in [0.5, 0.6) is 0 Å². The smallest absolute Gasteiger partial charge is 0.233 e. The van der Waals surface area contributed by atoms with Gasteiger partial charge in [0, 0.05) is 6.61 Å². The number of hydrogen-bond acceptors (Lipinski definition) is 2. The van der Waals surface area contributed by atoms with Gasteiger partial charge in [0.1, 0.15) is 0 Å². The third-order valence-electron chi connectivity index (χ3n) is 2.91. The topological polar surface area (TPSA) is 38.3 Å². The van der Waals surface area contributed by atoms with E-state index in [0.29, 0.717) is 5.92 Å². The summed E-state index contributed by atoms with van der Waals surface area (Å²) in [6.45, 7) is 2.64. The monoisotopic (exact) mass is 261 g/mol. The summed E-state index contributed by atoms with van der Waals surface area (Å²) in [6, 6.07) is 0.245. The van der Waals surface area contributed by atoms with E-state index in [1.807, 2.05) is 6.92 Å². The molecule has 2 aliphatic rings.